The molecule has 1 unspecified atom stereocenters. The van der Waals surface area contributed by atoms with E-state index in [4.69, 9.17) is 34.8 Å². The number of amides is 1. The minimum atomic E-state index is -0.406. The van der Waals surface area contributed by atoms with Crippen LogP contribution in [0, 0.1) is 5.92 Å². The second-order valence-electron chi connectivity index (χ2n) is 5.09. The molecule has 1 aromatic carbocycles. The Morgan fingerprint density at radius 2 is 1.70 bits per heavy atom. The molecule has 20 heavy (non-hydrogen) atoms. The van der Waals surface area contributed by atoms with Crippen LogP contribution >= 0.6 is 34.8 Å². The minimum absolute atomic E-state index is 0.0761. The van der Waals surface area contributed by atoms with Gasteiger partial charge in [-0.3, -0.25) is 4.79 Å². The monoisotopic (exact) mass is 336 g/mol. The number of hydrogen-bond donors (Lipinski definition) is 2. The second-order valence-corrected chi connectivity index (χ2v) is 6.31. The van der Waals surface area contributed by atoms with Crippen molar-refractivity contribution in [2.24, 2.45) is 5.92 Å². The highest BCUT2D eigenvalue weighted by molar-refractivity contribution is 6.44. The van der Waals surface area contributed by atoms with Crippen molar-refractivity contribution in [2.45, 2.75) is 33.2 Å². The van der Waals surface area contributed by atoms with Gasteiger partial charge in [0.1, 0.15) is 6.04 Å². The fourth-order valence-corrected chi connectivity index (χ4v) is 2.17. The summed E-state index contributed by atoms with van der Waals surface area (Å²) < 4.78 is 0. The van der Waals surface area contributed by atoms with Crippen molar-refractivity contribution in [3.63, 3.8) is 0 Å². The van der Waals surface area contributed by atoms with Gasteiger partial charge in [-0.2, -0.15) is 0 Å². The molecule has 1 aromatic rings. The maximum atomic E-state index is 11.9. The lowest BCUT2D eigenvalue weighted by Gasteiger charge is -2.17. The van der Waals surface area contributed by atoms with Crippen molar-refractivity contribution < 1.29 is 4.79 Å². The molecule has 0 radical (unpaired) electrons. The van der Waals surface area contributed by atoms with Crippen molar-refractivity contribution in [1.82, 2.24) is 5.32 Å². The van der Waals surface area contributed by atoms with Crippen molar-refractivity contribution in [3.05, 3.63) is 27.2 Å². The van der Waals surface area contributed by atoms with E-state index in [0.29, 0.717) is 33.2 Å². The van der Waals surface area contributed by atoms with Gasteiger partial charge in [0, 0.05) is 6.54 Å². The summed E-state index contributed by atoms with van der Waals surface area (Å²) in [5.41, 5.74) is 0.590. The normalized spacial score (nSPS) is 12.3. The molecular weight excluding hydrogens is 319 g/mol. The predicted octanol–water partition coefficient (Wildman–Crippen LogP) is 4.61. The average Bonchev–Trinajstić information content (AvgIpc) is 2.35. The van der Waals surface area contributed by atoms with Crippen LogP contribution in [0.25, 0.3) is 0 Å². The average molecular weight is 338 g/mol. The number of carbonyl (C=O) groups is 1. The van der Waals surface area contributed by atoms with Gasteiger partial charge in [-0.1, -0.05) is 48.7 Å². The lowest BCUT2D eigenvalue weighted by Crippen LogP contribution is -2.38. The fourth-order valence-electron chi connectivity index (χ4n) is 1.57. The highest BCUT2D eigenvalue weighted by Gasteiger charge is 2.14. The molecule has 0 aliphatic carbocycles. The van der Waals surface area contributed by atoms with Gasteiger partial charge in [-0.05, 0) is 31.4 Å². The van der Waals surface area contributed by atoms with Gasteiger partial charge in [-0.25, -0.2) is 0 Å². The van der Waals surface area contributed by atoms with Gasteiger partial charge in [-0.15, -0.1) is 0 Å². The van der Waals surface area contributed by atoms with Gasteiger partial charge in [0.15, 0.2) is 0 Å². The third-order valence-electron chi connectivity index (χ3n) is 2.80. The molecule has 0 heterocycles. The highest BCUT2D eigenvalue weighted by Crippen LogP contribution is 2.32. The third-order valence-corrected chi connectivity index (χ3v) is 3.83. The van der Waals surface area contributed by atoms with Gasteiger partial charge in [0.05, 0.1) is 20.8 Å². The molecule has 0 spiro atoms. The van der Waals surface area contributed by atoms with Crippen LogP contribution in [0.2, 0.25) is 15.1 Å². The van der Waals surface area contributed by atoms with E-state index in [1.54, 1.807) is 19.1 Å². The van der Waals surface area contributed by atoms with Crippen molar-refractivity contribution in [3.8, 4) is 0 Å². The zero-order valence-corrected chi connectivity index (χ0v) is 14.0. The number of anilines is 1. The third kappa shape index (κ3) is 5.39. The number of benzene rings is 1. The first-order chi connectivity index (χ1) is 9.31. The maximum Gasteiger partial charge on any atom is 0.242 e. The molecule has 3 nitrogen and oxygen atoms in total. The topological polar surface area (TPSA) is 41.1 Å². The van der Waals surface area contributed by atoms with Gasteiger partial charge in [0.25, 0.3) is 0 Å². The highest BCUT2D eigenvalue weighted by atomic mass is 35.5. The molecular formula is C14H19Cl3N2O. The molecule has 0 saturated heterocycles. The Bertz CT molecular complexity index is 478. The summed E-state index contributed by atoms with van der Waals surface area (Å²) in [6, 6.07) is 2.76. The number of halogens is 3. The number of nitrogens with one attached hydrogen (secondary N) is 2. The van der Waals surface area contributed by atoms with E-state index in [2.05, 4.69) is 24.5 Å². The van der Waals surface area contributed by atoms with Crippen LogP contribution in [0.3, 0.4) is 0 Å². The lowest BCUT2D eigenvalue weighted by atomic mass is 10.1. The number of rotatable bonds is 6. The van der Waals surface area contributed by atoms with Crippen LogP contribution in [0.15, 0.2) is 12.1 Å². The Morgan fingerprint density at radius 1 is 1.10 bits per heavy atom. The smallest absolute Gasteiger partial charge is 0.242 e. The van der Waals surface area contributed by atoms with Gasteiger partial charge in [0.2, 0.25) is 5.91 Å². The first-order valence-corrected chi connectivity index (χ1v) is 7.63. The van der Waals surface area contributed by atoms with Crippen LogP contribution in [0.4, 0.5) is 5.69 Å². The van der Waals surface area contributed by atoms with E-state index < -0.39 is 6.04 Å². The largest absolute Gasteiger partial charge is 0.373 e. The summed E-state index contributed by atoms with van der Waals surface area (Å²) in [5, 5.41) is 7.12. The second kappa shape index (κ2) is 7.96. The first kappa shape index (κ1) is 17.4. The molecule has 0 aliphatic heterocycles. The zero-order chi connectivity index (χ0) is 15.3. The molecule has 1 atom stereocenters. The van der Waals surface area contributed by atoms with E-state index in [9.17, 15) is 4.79 Å². The van der Waals surface area contributed by atoms with Crippen LogP contribution in [0.1, 0.15) is 27.2 Å². The van der Waals surface area contributed by atoms with Crippen molar-refractivity contribution in [2.75, 3.05) is 11.9 Å². The summed E-state index contributed by atoms with van der Waals surface area (Å²) in [6.45, 7) is 6.66. The Labute approximate surface area is 135 Å². The zero-order valence-electron chi connectivity index (χ0n) is 11.8. The SMILES string of the molecule is CC(C)CCNC(=O)C(C)Nc1cc(Cl)c(Cl)cc1Cl. The summed E-state index contributed by atoms with van der Waals surface area (Å²) in [4.78, 5) is 11.9. The van der Waals surface area contributed by atoms with Gasteiger partial charge >= 0.3 is 0 Å². The van der Waals surface area contributed by atoms with E-state index in [0.717, 1.165) is 6.42 Å². The van der Waals surface area contributed by atoms with Crippen molar-refractivity contribution >= 4 is 46.4 Å². The van der Waals surface area contributed by atoms with E-state index in [-0.39, 0.29) is 5.91 Å². The molecule has 0 aromatic heterocycles. The summed E-state index contributed by atoms with van der Waals surface area (Å²) in [6.07, 6.45) is 0.950. The van der Waals surface area contributed by atoms with Gasteiger partial charge < -0.3 is 10.6 Å². The first-order valence-electron chi connectivity index (χ1n) is 6.50. The minimum Gasteiger partial charge on any atom is -0.373 e. The molecule has 0 aliphatic rings. The predicted molar refractivity (Wildman–Crippen MR) is 87.0 cm³/mol. The van der Waals surface area contributed by atoms with Crippen LogP contribution in [0.5, 0.6) is 0 Å². The van der Waals surface area contributed by atoms with Crippen LogP contribution < -0.4 is 10.6 Å². The standard InChI is InChI=1S/C14H19Cl3N2O/c1-8(2)4-5-18-14(20)9(3)19-13-7-11(16)10(15)6-12(13)17/h6-9,19H,4-5H2,1-3H3,(H,18,20). The van der Waals surface area contributed by atoms with E-state index >= 15 is 0 Å². The van der Waals surface area contributed by atoms with Crippen LogP contribution in [-0.4, -0.2) is 18.5 Å². The van der Waals surface area contributed by atoms with Crippen LogP contribution in [-0.2, 0) is 4.79 Å². The quantitative estimate of drug-likeness (QED) is 0.744. The Kier molecular flexibility index (Phi) is 6.93. The summed E-state index contributed by atoms with van der Waals surface area (Å²) in [7, 11) is 0. The Morgan fingerprint density at radius 3 is 2.30 bits per heavy atom. The Balaban J connectivity index is 2.59. The fraction of sp³-hybridized carbons (Fsp3) is 0.500. The van der Waals surface area contributed by atoms with E-state index in [1.807, 2.05) is 0 Å². The number of hydrogen-bond acceptors (Lipinski definition) is 2. The molecule has 6 heteroatoms. The molecule has 0 saturated carbocycles. The molecule has 0 fully saturated rings. The summed E-state index contributed by atoms with van der Waals surface area (Å²) >= 11 is 17.9. The molecule has 2 N–H and O–H groups in total. The van der Waals surface area contributed by atoms with Crippen molar-refractivity contribution in [1.29, 1.82) is 0 Å². The molecule has 0 bridgehead atoms. The van der Waals surface area contributed by atoms with E-state index in [1.165, 1.54) is 0 Å². The number of carbonyl (C=O) groups excluding carboxylic acids is 1. The Hall–Kier alpha value is -0.640. The maximum absolute atomic E-state index is 11.9. The molecule has 112 valence electrons. The molecule has 1 amide bonds. The lowest BCUT2D eigenvalue weighted by molar-refractivity contribution is -0.121. The summed E-state index contributed by atoms with van der Waals surface area (Å²) in [5.74, 6) is 0.482. The molecule has 1 rings (SSSR count).